The first kappa shape index (κ1) is 20.0. The predicted octanol–water partition coefficient (Wildman–Crippen LogP) is 3.46. The summed E-state index contributed by atoms with van der Waals surface area (Å²) in [4.78, 5) is 38.6. The van der Waals surface area contributed by atoms with Gasteiger partial charge in [0.25, 0.3) is 5.91 Å². The van der Waals surface area contributed by atoms with Gasteiger partial charge in [-0.2, -0.15) is 0 Å². The van der Waals surface area contributed by atoms with Crippen LogP contribution < -0.4 is 10.6 Å². The molecule has 0 bridgehead atoms. The van der Waals surface area contributed by atoms with Crippen LogP contribution in [0.2, 0.25) is 10.0 Å². The summed E-state index contributed by atoms with van der Waals surface area (Å²) in [6.07, 6.45) is 3.98. The van der Waals surface area contributed by atoms with Gasteiger partial charge in [-0.3, -0.25) is 14.5 Å². The molecule has 0 radical (unpaired) electrons. The molecule has 1 aliphatic heterocycles. The summed E-state index contributed by atoms with van der Waals surface area (Å²) in [6.45, 7) is 3.47. The van der Waals surface area contributed by atoms with E-state index in [9.17, 15) is 14.4 Å². The number of urea groups is 1. The molecule has 6 nitrogen and oxygen atoms in total. The van der Waals surface area contributed by atoms with Crippen molar-refractivity contribution in [1.82, 2.24) is 15.5 Å². The molecule has 1 atom stereocenters. The second-order valence-corrected chi connectivity index (χ2v) is 8.44. The topological polar surface area (TPSA) is 78.5 Å². The van der Waals surface area contributed by atoms with Crippen LogP contribution in [-0.4, -0.2) is 35.3 Å². The molecule has 2 N–H and O–H groups in total. The van der Waals surface area contributed by atoms with Crippen LogP contribution in [-0.2, 0) is 15.1 Å². The Morgan fingerprint density at radius 1 is 1.26 bits per heavy atom. The van der Waals surface area contributed by atoms with Crippen molar-refractivity contribution in [2.75, 3.05) is 6.54 Å². The number of benzene rings is 1. The minimum Gasteiger partial charge on any atom is -0.352 e. The Morgan fingerprint density at radius 3 is 2.56 bits per heavy atom. The highest BCUT2D eigenvalue weighted by molar-refractivity contribution is 6.35. The molecule has 1 aromatic rings. The lowest BCUT2D eigenvalue weighted by molar-refractivity contribution is -0.135. The van der Waals surface area contributed by atoms with Crippen LogP contribution in [0, 0.1) is 5.92 Å². The Balaban J connectivity index is 1.69. The van der Waals surface area contributed by atoms with Gasteiger partial charge in [-0.25, -0.2) is 4.79 Å². The van der Waals surface area contributed by atoms with Crippen LogP contribution in [0.15, 0.2) is 18.2 Å². The third kappa shape index (κ3) is 4.06. The molecule has 4 amide bonds. The minimum atomic E-state index is -1.33. The fourth-order valence-electron chi connectivity index (χ4n) is 3.74. The first-order valence-corrected chi connectivity index (χ1v) is 9.85. The Morgan fingerprint density at radius 2 is 1.93 bits per heavy atom. The summed E-state index contributed by atoms with van der Waals surface area (Å²) < 4.78 is 0. The van der Waals surface area contributed by atoms with E-state index >= 15 is 0 Å². The fraction of sp³-hybridized carbons (Fsp3) is 0.526. The fourth-order valence-corrected chi connectivity index (χ4v) is 4.34. The number of nitrogens with zero attached hydrogens (tertiary/aromatic N) is 1. The average molecular weight is 412 g/mol. The van der Waals surface area contributed by atoms with E-state index in [2.05, 4.69) is 17.6 Å². The van der Waals surface area contributed by atoms with E-state index in [1.165, 1.54) is 6.07 Å². The Labute approximate surface area is 168 Å². The third-order valence-electron chi connectivity index (χ3n) is 5.43. The van der Waals surface area contributed by atoms with Crippen molar-refractivity contribution in [2.24, 2.45) is 5.92 Å². The van der Waals surface area contributed by atoms with Crippen molar-refractivity contribution in [1.29, 1.82) is 0 Å². The largest absolute Gasteiger partial charge is 0.352 e. The first-order valence-electron chi connectivity index (χ1n) is 9.09. The van der Waals surface area contributed by atoms with Gasteiger partial charge in [-0.15, -0.1) is 0 Å². The van der Waals surface area contributed by atoms with Gasteiger partial charge in [0.15, 0.2) is 0 Å². The number of halogens is 2. The molecule has 8 heteroatoms. The van der Waals surface area contributed by atoms with Crippen molar-refractivity contribution in [3.63, 3.8) is 0 Å². The molecular formula is C19H23Cl2N3O3. The number of amides is 4. The molecule has 146 valence electrons. The summed E-state index contributed by atoms with van der Waals surface area (Å²) in [5, 5.41) is 6.30. The molecule has 2 aliphatic rings. The van der Waals surface area contributed by atoms with E-state index in [0.29, 0.717) is 16.5 Å². The molecule has 1 aliphatic carbocycles. The highest BCUT2D eigenvalue weighted by Crippen LogP contribution is 2.35. The standard InChI is InChI=1S/C19H23Cl2N3O3/c1-11-3-6-13(7-4-11)22-16(25)10-24-17(26)19(2,23-18(24)27)14-8-5-12(20)9-15(14)21/h5,8-9,11,13H,3-4,6-7,10H2,1-2H3,(H,22,25)(H,23,27). The molecule has 1 unspecified atom stereocenters. The highest BCUT2D eigenvalue weighted by Gasteiger charge is 2.50. The number of hydrogen-bond acceptors (Lipinski definition) is 3. The second-order valence-electron chi connectivity index (χ2n) is 7.59. The van der Waals surface area contributed by atoms with E-state index < -0.39 is 17.5 Å². The molecule has 1 saturated heterocycles. The van der Waals surface area contributed by atoms with Gasteiger partial charge in [-0.05, 0) is 50.7 Å². The lowest BCUT2D eigenvalue weighted by Gasteiger charge is -2.27. The van der Waals surface area contributed by atoms with Gasteiger partial charge in [0.1, 0.15) is 12.1 Å². The molecule has 1 aromatic carbocycles. The van der Waals surface area contributed by atoms with E-state index in [1.807, 2.05) is 0 Å². The zero-order valence-electron chi connectivity index (χ0n) is 15.4. The van der Waals surface area contributed by atoms with Crippen molar-refractivity contribution in [2.45, 2.75) is 51.1 Å². The lowest BCUT2D eigenvalue weighted by atomic mass is 9.87. The zero-order chi connectivity index (χ0) is 19.8. The van der Waals surface area contributed by atoms with Gasteiger partial charge in [0, 0.05) is 21.7 Å². The maximum Gasteiger partial charge on any atom is 0.325 e. The van der Waals surface area contributed by atoms with Crippen molar-refractivity contribution in [3.8, 4) is 0 Å². The molecule has 1 heterocycles. The summed E-state index contributed by atoms with van der Waals surface area (Å²) in [6, 6.07) is 4.22. The molecule has 3 rings (SSSR count). The summed E-state index contributed by atoms with van der Waals surface area (Å²) in [7, 11) is 0. The van der Waals surface area contributed by atoms with Crippen LogP contribution >= 0.6 is 23.2 Å². The quantitative estimate of drug-likeness (QED) is 0.744. The zero-order valence-corrected chi connectivity index (χ0v) is 16.9. The van der Waals surface area contributed by atoms with E-state index in [-0.39, 0.29) is 23.5 Å². The SMILES string of the molecule is CC1CCC(NC(=O)CN2C(=O)NC(C)(c3ccc(Cl)cc3Cl)C2=O)CC1. The van der Waals surface area contributed by atoms with Crippen LogP contribution in [0.25, 0.3) is 0 Å². The van der Waals surface area contributed by atoms with Crippen molar-refractivity contribution >= 4 is 41.0 Å². The van der Waals surface area contributed by atoms with E-state index in [0.717, 1.165) is 30.6 Å². The second kappa shape index (κ2) is 7.68. The number of nitrogens with one attached hydrogen (secondary N) is 2. The van der Waals surface area contributed by atoms with Gasteiger partial charge >= 0.3 is 6.03 Å². The molecular weight excluding hydrogens is 389 g/mol. The molecule has 1 saturated carbocycles. The molecule has 27 heavy (non-hydrogen) atoms. The minimum absolute atomic E-state index is 0.103. The molecule has 0 aromatic heterocycles. The number of imide groups is 1. The number of carbonyl (C=O) groups excluding carboxylic acids is 3. The van der Waals surface area contributed by atoms with Crippen LogP contribution in [0.3, 0.4) is 0 Å². The van der Waals surface area contributed by atoms with Gasteiger partial charge in [0.05, 0.1) is 0 Å². The summed E-state index contributed by atoms with van der Waals surface area (Å²) >= 11 is 12.1. The van der Waals surface area contributed by atoms with Gasteiger partial charge in [-0.1, -0.05) is 36.2 Å². The average Bonchev–Trinajstić information content (AvgIpc) is 2.81. The maximum atomic E-state index is 12.9. The Hall–Kier alpha value is -1.79. The van der Waals surface area contributed by atoms with E-state index in [1.54, 1.807) is 19.1 Å². The third-order valence-corrected chi connectivity index (χ3v) is 5.98. The monoisotopic (exact) mass is 411 g/mol. The van der Waals surface area contributed by atoms with Crippen molar-refractivity contribution < 1.29 is 14.4 Å². The van der Waals surface area contributed by atoms with Gasteiger partial charge in [0.2, 0.25) is 5.91 Å². The lowest BCUT2D eigenvalue weighted by Crippen LogP contribution is -2.46. The predicted molar refractivity (Wildman–Crippen MR) is 104 cm³/mol. The summed E-state index contributed by atoms with van der Waals surface area (Å²) in [5.41, 5.74) is -0.893. The van der Waals surface area contributed by atoms with Crippen LogP contribution in [0.5, 0.6) is 0 Å². The normalized spacial score (nSPS) is 28.2. The van der Waals surface area contributed by atoms with E-state index in [4.69, 9.17) is 23.2 Å². The van der Waals surface area contributed by atoms with Crippen molar-refractivity contribution in [3.05, 3.63) is 33.8 Å². The summed E-state index contributed by atoms with van der Waals surface area (Å²) in [5.74, 6) is -0.164. The number of rotatable bonds is 4. The number of hydrogen-bond donors (Lipinski definition) is 2. The van der Waals surface area contributed by atoms with Gasteiger partial charge < -0.3 is 10.6 Å². The maximum absolute atomic E-state index is 12.9. The molecule has 0 spiro atoms. The number of carbonyl (C=O) groups is 3. The Bertz CT molecular complexity index is 777. The highest BCUT2D eigenvalue weighted by atomic mass is 35.5. The first-order chi connectivity index (χ1) is 12.7. The molecule has 2 fully saturated rings. The van der Waals surface area contributed by atoms with Crippen LogP contribution in [0.1, 0.15) is 45.1 Å². The smallest absolute Gasteiger partial charge is 0.325 e. The Kier molecular flexibility index (Phi) is 5.68. The van der Waals surface area contributed by atoms with Crippen LogP contribution in [0.4, 0.5) is 4.79 Å².